The molecule has 156 valence electrons. The SMILES string of the molecule is Cc1cc2c(=O)n(-c3ccccc3)n(-c3ccccc3)c(=O)c2c(Nc2ccccc2)n1. The molecule has 5 aromatic rings. The molecular formula is C26H20N4O2. The maximum Gasteiger partial charge on any atom is 0.282 e. The summed E-state index contributed by atoms with van der Waals surface area (Å²) in [5.41, 5.74) is 1.99. The largest absolute Gasteiger partial charge is 0.340 e. The highest BCUT2D eigenvalue weighted by molar-refractivity contribution is 5.92. The van der Waals surface area contributed by atoms with Crippen LogP contribution < -0.4 is 16.4 Å². The van der Waals surface area contributed by atoms with Gasteiger partial charge in [0.25, 0.3) is 11.1 Å². The minimum absolute atomic E-state index is 0.250. The zero-order valence-corrected chi connectivity index (χ0v) is 17.4. The Bertz CT molecular complexity index is 1520. The lowest BCUT2D eigenvalue weighted by Crippen LogP contribution is -2.37. The van der Waals surface area contributed by atoms with Crippen molar-refractivity contribution in [3.8, 4) is 11.4 Å². The Kier molecular flexibility index (Phi) is 4.88. The van der Waals surface area contributed by atoms with E-state index in [1.807, 2.05) is 85.8 Å². The Morgan fingerprint density at radius 2 is 1.19 bits per heavy atom. The summed E-state index contributed by atoms with van der Waals surface area (Å²) in [7, 11) is 0. The van der Waals surface area contributed by atoms with E-state index in [1.54, 1.807) is 18.2 Å². The Hall–Kier alpha value is -4.45. The van der Waals surface area contributed by atoms with E-state index in [0.29, 0.717) is 28.3 Å². The smallest absolute Gasteiger partial charge is 0.282 e. The molecule has 0 spiro atoms. The zero-order chi connectivity index (χ0) is 22.1. The van der Waals surface area contributed by atoms with Crippen molar-refractivity contribution < 1.29 is 0 Å². The summed E-state index contributed by atoms with van der Waals surface area (Å²) in [4.78, 5) is 32.3. The number of rotatable bonds is 4. The molecule has 2 aromatic heterocycles. The summed E-state index contributed by atoms with van der Waals surface area (Å²) in [5.74, 6) is 0.359. The van der Waals surface area contributed by atoms with Crippen LogP contribution in [0.1, 0.15) is 5.69 Å². The van der Waals surface area contributed by atoms with Crippen molar-refractivity contribution >= 4 is 22.3 Å². The molecule has 0 aliphatic carbocycles. The molecule has 32 heavy (non-hydrogen) atoms. The predicted octanol–water partition coefficient (Wildman–Crippen LogP) is 4.59. The highest BCUT2D eigenvalue weighted by Crippen LogP contribution is 2.22. The summed E-state index contributed by atoms with van der Waals surface area (Å²) in [6, 6.07) is 29.5. The molecular weight excluding hydrogens is 400 g/mol. The van der Waals surface area contributed by atoms with Crippen LogP contribution in [0.25, 0.3) is 22.1 Å². The number of fused-ring (bicyclic) bond motifs is 1. The topological polar surface area (TPSA) is 68.9 Å². The van der Waals surface area contributed by atoms with Gasteiger partial charge in [0.2, 0.25) is 0 Å². The van der Waals surface area contributed by atoms with Gasteiger partial charge in [-0.25, -0.2) is 14.3 Å². The number of para-hydroxylation sites is 3. The van der Waals surface area contributed by atoms with Crippen LogP contribution in [0.5, 0.6) is 0 Å². The number of nitrogens with one attached hydrogen (secondary N) is 1. The number of hydrogen-bond donors (Lipinski definition) is 1. The Morgan fingerprint density at radius 3 is 1.75 bits per heavy atom. The lowest BCUT2D eigenvalue weighted by Gasteiger charge is -2.18. The predicted molar refractivity (Wildman–Crippen MR) is 127 cm³/mol. The highest BCUT2D eigenvalue weighted by Gasteiger charge is 2.20. The van der Waals surface area contributed by atoms with Gasteiger partial charge < -0.3 is 5.32 Å². The molecule has 6 heteroatoms. The van der Waals surface area contributed by atoms with Gasteiger partial charge in [0.1, 0.15) is 5.82 Å². The van der Waals surface area contributed by atoms with E-state index in [0.717, 1.165) is 5.69 Å². The second kappa shape index (κ2) is 8.00. The molecule has 0 fully saturated rings. The van der Waals surface area contributed by atoms with E-state index >= 15 is 0 Å². The maximum absolute atomic E-state index is 13.9. The summed E-state index contributed by atoms with van der Waals surface area (Å²) >= 11 is 0. The lowest BCUT2D eigenvalue weighted by atomic mass is 10.1. The molecule has 3 aromatic carbocycles. The molecule has 6 nitrogen and oxygen atoms in total. The molecule has 0 amide bonds. The van der Waals surface area contributed by atoms with E-state index in [-0.39, 0.29) is 16.5 Å². The van der Waals surface area contributed by atoms with E-state index < -0.39 is 0 Å². The molecule has 0 saturated heterocycles. The van der Waals surface area contributed by atoms with Crippen LogP contribution >= 0.6 is 0 Å². The number of nitrogens with zero attached hydrogens (tertiary/aromatic N) is 3. The van der Waals surface area contributed by atoms with Crippen LogP contribution in [0.3, 0.4) is 0 Å². The number of pyridine rings is 1. The average Bonchev–Trinajstić information content (AvgIpc) is 2.82. The third-order valence-corrected chi connectivity index (χ3v) is 5.21. The van der Waals surface area contributed by atoms with Gasteiger partial charge in [0.15, 0.2) is 0 Å². The van der Waals surface area contributed by atoms with Gasteiger partial charge in [-0.15, -0.1) is 0 Å². The van der Waals surface area contributed by atoms with Crippen LogP contribution in [-0.2, 0) is 0 Å². The Balaban J connectivity index is 1.91. The monoisotopic (exact) mass is 420 g/mol. The molecule has 0 atom stereocenters. The van der Waals surface area contributed by atoms with Crippen molar-refractivity contribution in [2.24, 2.45) is 0 Å². The quantitative estimate of drug-likeness (QED) is 0.462. The molecule has 0 bridgehead atoms. The van der Waals surface area contributed by atoms with Gasteiger partial charge in [-0.05, 0) is 49.4 Å². The molecule has 0 saturated carbocycles. The first-order chi connectivity index (χ1) is 15.6. The van der Waals surface area contributed by atoms with Gasteiger partial charge in [-0.2, -0.15) is 0 Å². The van der Waals surface area contributed by atoms with Crippen molar-refractivity contribution in [3.05, 3.63) is 123 Å². The number of aryl methyl sites for hydroxylation is 1. The van der Waals surface area contributed by atoms with E-state index in [1.165, 1.54) is 9.36 Å². The standard InChI is InChI=1S/C26H20N4O2/c1-18-17-22-23(24(27-18)28-19-11-5-2-6-12-19)26(32)30(21-15-9-4-10-16-21)29(25(22)31)20-13-7-3-8-14-20/h2-17H,1H3,(H,27,28). The molecule has 0 unspecified atom stereocenters. The molecule has 5 rings (SSSR count). The summed E-state index contributed by atoms with van der Waals surface area (Å²) < 4.78 is 2.83. The lowest BCUT2D eigenvalue weighted by molar-refractivity contribution is 0.677. The highest BCUT2D eigenvalue weighted by atomic mass is 16.2. The molecule has 0 aliphatic rings. The zero-order valence-electron chi connectivity index (χ0n) is 17.4. The first-order valence-corrected chi connectivity index (χ1v) is 10.3. The van der Waals surface area contributed by atoms with Gasteiger partial charge >= 0.3 is 0 Å². The number of hydrogen-bond acceptors (Lipinski definition) is 4. The maximum atomic E-state index is 13.9. The van der Waals surface area contributed by atoms with E-state index in [9.17, 15) is 9.59 Å². The van der Waals surface area contributed by atoms with Crippen LogP contribution in [0, 0.1) is 6.92 Å². The minimum Gasteiger partial charge on any atom is -0.340 e. The molecule has 1 N–H and O–H groups in total. The average molecular weight is 420 g/mol. The van der Waals surface area contributed by atoms with Gasteiger partial charge in [-0.3, -0.25) is 9.59 Å². The number of anilines is 2. The van der Waals surface area contributed by atoms with Crippen molar-refractivity contribution in [2.75, 3.05) is 5.32 Å². The molecule has 2 heterocycles. The third-order valence-electron chi connectivity index (χ3n) is 5.21. The summed E-state index contributed by atoms with van der Waals surface area (Å²) in [6.07, 6.45) is 0. The third kappa shape index (κ3) is 3.37. The van der Waals surface area contributed by atoms with E-state index in [2.05, 4.69) is 10.3 Å². The fourth-order valence-corrected chi connectivity index (χ4v) is 3.81. The molecule has 0 radical (unpaired) electrons. The fraction of sp³-hybridized carbons (Fsp3) is 0.0385. The second-order valence-corrected chi connectivity index (χ2v) is 7.43. The Morgan fingerprint density at radius 1 is 0.688 bits per heavy atom. The summed E-state index contributed by atoms with van der Waals surface area (Å²) in [5, 5.41) is 3.79. The van der Waals surface area contributed by atoms with Crippen molar-refractivity contribution in [2.45, 2.75) is 6.92 Å². The van der Waals surface area contributed by atoms with Crippen LogP contribution in [-0.4, -0.2) is 14.3 Å². The van der Waals surface area contributed by atoms with Crippen molar-refractivity contribution in [1.82, 2.24) is 14.3 Å². The molecule has 0 aliphatic heterocycles. The van der Waals surface area contributed by atoms with Crippen LogP contribution in [0.15, 0.2) is 107 Å². The van der Waals surface area contributed by atoms with Gasteiger partial charge in [-0.1, -0.05) is 54.6 Å². The van der Waals surface area contributed by atoms with Gasteiger partial charge in [0, 0.05) is 11.4 Å². The van der Waals surface area contributed by atoms with Gasteiger partial charge in [0.05, 0.1) is 22.1 Å². The minimum atomic E-state index is -0.333. The van der Waals surface area contributed by atoms with Crippen molar-refractivity contribution in [3.63, 3.8) is 0 Å². The van der Waals surface area contributed by atoms with Crippen LogP contribution in [0.2, 0.25) is 0 Å². The van der Waals surface area contributed by atoms with Crippen molar-refractivity contribution in [1.29, 1.82) is 0 Å². The normalized spacial score (nSPS) is 10.9. The summed E-state index contributed by atoms with van der Waals surface area (Å²) in [6.45, 7) is 1.81. The van der Waals surface area contributed by atoms with E-state index in [4.69, 9.17) is 0 Å². The second-order valence-electron chi connectivity index (χ2n) is 7.43. The van der Waals surface area contributed by atoms with Crippen LogP contribution in [0.4, 0.5) is 11.5 Å². The number of benzene rings is 3. The fourth-order valence-electron chi connectivity index (χ4n) is 3.81. The Labute approximate surface area is 184 Å². The first kappa shape index (κ1) is 19.5. The first-order valence-electron chi connectivity index (χ1n) is 10.3. The number of aromatic nitrogens is 3.